The lowest BCUT2D eigenvalue weighted by Gasteiger charge is -2.24. The molecular formula is C9H17NO4. The quantitative estimate of drug-likeness (QED) is 0.591. The van der Waals surface area contributed by atoms with E-state index in [4.69, 9.17) is 0 Å². The molecule has 0 aromatic carbocycles. The van der Waals surface area contributed by atoms with Crippen LogP contribution in [0.25, 0.3) is 0 Å². The molecule has 0 rings (SSSR count). The summed E-state index contributed by atoms with van der Waals surface area (Å²) in [5.41, 5.74) is 0. The van der Waals surface area contributed by atoms with Crippen LogP contribution in [-0.2, 0) is 19.1 Å². The fourth-order valence-corrected chi connectivity index (χ4v) is 1.07. The van der Waals surface area contributed by atoms with E-state index in [9.17, 15) is 9.59 Å². The Kier molecular flexibility index (Phi) is 5.87. The molecule has 0 aliphatic carbocycles. The standard InChI is InChI=1S/C9H17NO4/c1-5-10(6-8(11)13-3)7(2)9(12)14-4/h7H,5-6H2,1-4H3. The zero-order chi connectivity index (χ0) is 11.1. The maximum Gasteiger partial charge on any atom is 0.322 e. The van der Waals surface area contributed by atoms with E-state index >= 15 is 0 Å². The SMILES string of the molecule is CCN(CC(=O)OC)C(C)C(=O)OC. The van der Waals surface area contributed by atoms with Crippen molar-refractivity contribution in [3.63, 3.8) is 0 Å². The molecule has 0 aromatic rings. The van der Waals surface area contributed by atoms with Crippen molar-refractivity contribution in [2.24, 2.45) is 0 Å². The topological polar surface area (TPSA) is 55.8 Å². The molecule has 0 heterocycles. The summed E-state index contributed by atoms with van der Waals surface area (Å²) in [6, 6.07) is -0.427. The summed E-state index contributed by atoms with van der Waals surface area (Å²) in [6.07, 6.45) is 0. The number of nitrogens with zero attached hydrogens (tertiary/aromatic N) is 1. The van der Waals surface area contributed by atoms with Crippen LogP contribution in [0.2, 0.25) is 0 Å². The lowest BCUT2D eigenvalue weighted by atomic mass is 10.3. The van der Waals surface area contributed by atoms with Crippen molar-refractivity contribution in [1.29, 1.82) is 0 Å². The Balaban J connectivity index is 4.25. The van der Waals surface area contributed by atoms with E-state index in [0.29, 0.717) is 6.54 Å². The molecule has 14 heavy (non-hydrogen) atoms. The summed E-state index contributed by atoms with van der Waals surface area (Å²) in [5, 5.41) is 0. The van der Waals surface area contributed by atoms with Crippen molar-refractivity contribution in [3.8, 4) is 0 Å². The Morgan fingerprint density at radius 1 is 1.29 bits per heavy atom. The van der Waals surface area contributed by atoms with Gasteiger partial charge in [-0.15, -0.1) is 0 Å². The molecule has 0 saturated heterocycles. The van der Waals surface area contributed by atoms with Gasteiger partial charge in [0.25, 0.3) is 0 Å². The minimum atomic E-state index is -0.427. The van der Waals surface area contributed by atoms with Crippen molar-refractivity contribution < 1.29 is 19.1 Å². The predicted molar refractivity (Wildman–Crippen MR) is 50.7 cm³/mol. The molecular weight excluding hydrogens is 186 g/mol. The van der Waals surface area contributed by atoms with Crippen molar-refractivity contribution in [2.45, 2.75) is 19.9 Å². The number of methoxy groups -OCH3 is 2. The Morgan fingerprint density at radius 3 is 2.21 bits per heavy atom. The van der Waals surface area contributed by atoms with Gasteiger partial charge in [0.15, 0.2) is 0 Å². The van der Waals surface area contributed by atoms with E-state index < -0.39 is 6.04 Å². The predicted octanol–water partition coefficient (Wildman–Crippen LogP) is 0.0428. The average Bonchev–Trinajstić information content (AvgIpc) is 2.23. The van der Waals surface area contributed by atoms with Crippen molar-refractivity contribution in [2.75, 3.05) is 27.3 Å². The van der Waals surface area contributed by atoms with Gasteiger partial charge in [0.2, 0.25) is 0 Å². The summed E-state index contributed by atoms with van der Waals surface area (Å²) >= 11 is 0. The molecule has 5 heteroatoms. The molecule has 0 spiro atoms. The Labute approximate surface area is 84.0 Å². The third-order valence-corrected chi connectivity index (χ3v) is 2.06. The van der Waals surface area contributed by atoms with Crippen LogP contribution in [0.15, 0.2) is 0 Å². The highest BCUT2D eigenvalue weighted by Gasteiger charge is 2.22. The maximum absolute atomic E-state index is 11.2. The number of esters is 2. The van der Waals surface area contributed by atoms with Gasteiger partial charge in [-0.1, -0.05) is 6.92 Å². The van der Waals surface area contributed by atoms with Gasteiger partial charge in [0, 0.05) is 0 Å². The van der Waals surface area contributed by atoms with Crippen LogP contribution in [0.3, 0.4) is 0 Å². The number of hydrogen-bond acceptors (Lipinski definition) is 5. The number of hydrogen-bond donors (Lipinski definition) is 0. The van der Waals surface area contributed by atoms with Gasteiger partial charge in [-0.3, -0.25) is 14.5 Å². The van der Waals surface area contributed by atoms with Crippen LogP contribution in [0, 0.1) is 0 Å². The Bertz CT molecular complexity index is 205. The molecule has 0 bridgehead atoms. The van der Waals surface area contributed by atoms with Crippen LogP contribution in [-0.4, -0.2) is 50.2 Å². The molecule has 0 amide bonds. The van der Waals surface area contributed by atoms with Gasteiger partial charge in [-0.25, -0.2) is 0 Å². The third-order valence-electron chi connectivity index (χ3n) is 2.06. The van der Waals surface area contributed by atoms with Gasteiger partial charge in [-0.05, 0) is 13.5 Å². The van der Waals surface area contributed by atoms with E-state index in [1.165, 1.54) is 14.2 Å². The Hall–Kier alpha value is -1.10. The van der Waals surface area contributed by atoms with Crippen LogP contribution in [0.5, 0.6) is 0 Å². The minimum absolute atomic E-state index is 0.100. The lowest BCUT2D eigenvalue weighted by Crippen LogP contribution is -2.42. The fraction of sp³-hybridized carbons (Fsp3) is 0.778. The average molecular weight is 203 g/mol. The first-order valence-electron chi connectivity index (χ1n) is 4.45. The van der Waals surface area contributed by atoms with Crippen LogP contribution >= 0.6 is 0 Å². The van der Waals surface area contributed by atoms with Gasteiger partial charge < -0.3 is 9.47 Å². The van der Waals surface area contributed by atoms with Gasteiger partial charge in [0.1, 0.15) is 6.04 Å². The minimum Gasteiger partial charge on any atom is -0.468 e. The zero-order valence-corrected chi connectivity index (χ0v) is 9.07. The maximum atomic E-state index is 11.2. The summed E-state index contributed by atoms with van der Waals surface area (Å²) in [6.45, 7) is 4.25. The van der Waals surface area contributed by atoms with E-state index in [2.05, 4.69) is 9.47 Å². The largest absolute Gasteiger partial charge is 0.468 e. The molecule has 1 atom stereocenters. The third kappa shape index (κ3) is 3.74. The highest BCUT2D eigenvalue weighted by Crippen LogP contribution is 2.00. The molecule has 0 N–H and O–H groups in total. The molecule has 5 nitrogen and oxygen atoms in total. The Morgan fingerprint density at radius 2 is 1.86 bits per heavy atom. The normalized spacial score (nSPS) is 12.4. The van der Waals surface area contributed by atoms with Crippen LogP contribution in [0.4, 0.5) is 0 Å². The molecule has 0 aliphatic heterocycles. The van der Waals surface area contributed by atoms with Gasteiger partial charge in [0.05, 0.1) is 20.8 Å². The number of carbonyl (C=O) groups is 2. The van der Waals surface area contributed by atoms with Gasteiger partial charge in [-0.2, -0.15) is 0 Å². The van der Waals surface area contributed by atoms with Crippen molar-refractivity contribution in [3.05, 3.63) is 0 Å². The van der Waals surface area contributed by atoms with Gasteiger partial charge >= 0.3 is 11.9 Å². The second-order valence-corrected chi connectivity index (χ2v) is 2.84. The van der Waals surface area contributed by atoms with E-state index in [1.807, 2.05) is 6.92 Å². The van der Waals surface area contributed by atoms with E-state index in [-0.39, 0.29) is 18.5 Å². The number of likely N-dealkylation sites (N-methyl/N-ethyl adjacent to an activating group) is 1. The molecule has 0 saturated carbocycles. The van der Waals surface area contributed by atoms with Crippen molar-refractivity contribution in [1.82, 2.24) is 4.90 Å². The second-order valence-electron chi connectivity index (χ2n) is 2.84. The molecule has 0 aliphatic rings. The molecule has 0 fully saturated rings. The molecule has 82 valence electrons. The highest BCUT2D eigenvalue weighted by molar-refractivity contribution is 5.77. The first-order valence-corrected chi connectivity index (χ1v) is 4.45. The summed E-state index contributed by atoms with van der Waals surface area (Å²) in [4.78, 5) is 23.8. The fourth-order valence-electron chi connectivity index (χ4n) is 1.07. The lowest BCUT2D eigenvalue weighted by molar-refractivity contribution is -0.149. The number of carbonyl (C=O) groups excluding carboxylic acids is 2. The molecule has 0 aromatic heterocycles. The van der Waals surface area contributed by atoms with Crippen molar-refractivity contribution >= 4 is 11.9 Å². The van der Waals surface area contributed by atoms with Crippen LogP contribution < -0.4 is 0 Å². The van der Waals surface area contributed by atoms with E-state index in [1.54, 1.807) is 11.8 Å². The first kappa shape index (κ1) is 12.9. The molecule has 0 radical (unpaired) electrons. The zero-order valence-electron chi connectivity index (χ0n) is 9.07. The van der Waals surface area contributed by atoms with E-state index in [0.717, 1.165) is 0 Å². The number of ether oxygens (including phenoxy) is 2. The first-order chi connectivity index (χ1) is 6.56. The summed E-state index contributed by atoms with van der Waals surface area (Å²) < 4.78 is 9.09. The molecule has 1 unspecified atom stereocenters. The highest BCUT2D eigenvalue weighted by atomic mass is 16.5. The van der Waals surface area contributed by atoms with Crippen LogP contribution in [0.1, 0.15) is 13.8 Å². The smallest absolute Gasteiger partial charge is 0.322 e. The summed E-state index contributed by atoms with van der Waals surface area (Å²) in [7, 11) is 2.64. The monoisotopic (exact) mass is 203 g/mol. The summed E-state index contributed by atoms with van der Waals surface area (Å²) in [5.74, 6) is -0.710. The number of rotatable bonds is 5. The second kappa shape index (κ2) is 6.37.